The Balaban J connectivity index is 1.30. The van der Waals surface area contributed by atoms with Gasteiger partial charge >= 0.3 is 0 Å². The van der Waals surface area contributed by atoms with Gasteiger partial charge < -0.3 is 0 Å². The zero-order valence-electron chi connectivity index (χ0n) is 28.1. The Hall–Kier alpha value is -6.50. The van der Waals surface area contributed by atoms with Crippen molar-refractivity contribution in [3.63, 3.8) is 0 Å². The lowest BCUT2D eigenvalue weighted by molar-refractivity contribution is 0.769. The van der Waals surface area contributed by atoms with Gasteiger partial charge in [0.15, 0.2) is 0 Å². The SMILES string of the molecule is c1ccc(-c2ccc(-c3cc4c(c5ccccc35)-c3ccc(-c5cccc6ccccc56)cc3C4(c3ccccc3)c3ccccc3)cc2)cc1. The molecule has 0 heterocycles. The molecule has 9 aromatic carbocycles. The quantitative estimate of drug-likeness (QED) is 0.175. The van der Waals surface area contributed by atoms with Crippen LogP contribution in [0.15, 0.2) is 206 Å². The number of benzene rings is 9. The highest BCUT2D eigenvalue weighted by Gasteiger charge is 2.47. The lowest BCUT2D eigenvalue weighted by Crippen LogP contribution is -2.28. The van der Waals surface area contributed by atoms with Crippen molar-refractivity contribution in [1.82, 2.24) is 0 Å². The van der Waals surface area contributed by atoms with E-state index in [2.05, 4.69) is 206 Å². The van der Waals surface area contributed by atoms with Crippen molar-refractivity contribution in [2.24, 2.45) is 0 Å². The van der Waals surface area contributed by atoms with E-state index in [-0.39, 0.29) is 0 Å². The molecule has 0 heteroatoms. The van der Waals surface area contributed by atoms with Crippen molar-refractivity contribution in [3.05, 3.63) is 229 Å². The topological polar surface area (TPSA) is 0 Å². The van der Waals surface area contributed by atoms with Crippen LogP contribution in [0.2, 0.25) is 0 Å². The van der Waals surface area contributed by atoms with Gasteiger partial charge in [-0.3, -0.25) is 0 Å². The van der Waals surface area contributed by atoms with Crippen LogP contribution in [0.3, 0.4) is 0 Å². The highest BCUT2D eigenvalue weighted by atomic mass is 14.5. The zero-order valence-corrected chi connectivity index (χ0v) is 28.1. The Labute approximate surface area is 298 Å². The first-order chi connectivity index (χ1) is 25.3. The summed E-state index contributed by atoms with van der Waals surface area (Å²) in [6.45, 7) is 0. The van der Waals surface area contributed by atoms with E-state index in [9.17, 15) is 0 Å². The summed E-state index contributed by atoms with van der Waals surface area (Å²) >= 11 is 0. The van der Waals surface area contributed by atoms with Crippen LogP contribution in [0, 0.1) is 0 Å². The molecule has 0 radical (unpaired) electrons. The fraction of sp³-hybridized carbons (Fsp3) is 0.0196. The van der Waals surface area contributed by atoms with Crippen LogP contribution in [0.5, 0.6) is 0 Å². The molecule has 0 atom stereocenters. The normalized spacial score (nSPS) is 12.9. The molecule has 0 N–H and O–H groups in total. The van der Waals surface area contributed by atoms with Crippen LogP contribution in [-0.2, 0) is 5.41 Å². The average molecular weight is 647 g/mol. The van der Waals surface area contributed by atoms with Gasteiger partial charge in [0.25, 0.3) is 0 Å². The van der Waals surface area contributed by atoms with Crippen molar-refractivity contribution < 1.29 is 0 Å². The lowest BCUT2D eigenvalue weighted by Gasteiger charge is -2.34. The van der Waals surface area contributed by atoms with E-state index in [4.69, 9.17) is 0 Å². The molecule has 10 rings (SSSR count). The lowest BCUT2D eigenvalue weighted by atomic mass is 9.67. The monoisotopic (exact) mass is 646 g/mol. The number of hydrogen-bond donors (Lipinski definition) is 0. The Bertz CT molecular complexity index is 2660. The maximum atomic E-state index is 2.51. The summed E-state index contributed by atoms with van der Waals surface area (Å²) in [6, 6.07) is 76.2. The van der Waals surface area contributed by atoms with Gasteiger partial charge in [-0.15, -0.1) is 0 Å². The summed E-state index contributed by atoms with van der Waals surface area (Å²) in [5.41, 5.74) is 14.7. The van der Waals surface area contributed by atoms with Crippen LogP contribution in [0.1, 0.15) is 22.3 Å². The van der Waals surface area contributed by atoms with Crippen LogP contribution in [0.4, 0.5) is 0 Å². The van der Waals surface area contributed by atoms with Gasteiger partial charge in [-0.2, -0.15) is 0 Å². The maximum absolute atomic E-state index is 2.51. The first kappa shape index (κ1) is 29.4. The molecular formula is C51H34. The van der Waals surface area contributed by atoms with Crippen molar-refractivity contribution in [2.45, 2.75) is 5.41 Å². The van der Waals surface area contributed by atoms with Gasteiger partial charge in [-0.25, -0.2) is 0 Å². The third-order valence-electron chi connectivity index (χ3n) is 11.0. The molecule has 0 aromatic heterocycles. The fourth-order valence-electron chi connectivity index (χ4n) is 8.70. The van der Waals surface area contributed by atoms with Gasteiger partial charge in [0, 0.05) is 0 Å². The molecule has 238 valence electrons. The van der Waals surface area contributed by atoms with E-state index in [0.29, 0.717) is 0 Å². The van der Waals surface area contributed by atoms with Gasteiger partial charge in [0.2, 0.25) is 0 Å². The van der Waals surface area contributed by atoms with E-state index in [1.165, 1.54) is 88.3 Å². The summed E-state index contributed by atoms with van der Waals surface area (Å²) in [5.74, 6) is 0. The first-order valence-corrected chi connectivity index (χ1v) is 17.8. The molecule has 1 aliphatic carbocycles. The molecule has 1 aliphatic rings. The summed E-state index contributed by atoms with van der Waals surface area (Å²) in [7, 11) is 0. The third-order valence-corrected chi connectivity index (χ3v) is 11.0. The largest absolute Gasteiger partial charge is 0.0714 e. The summed E-state index contributed by atoms with van der Waals surface area (Å²) in [5, 5.41) is 5.08. The van der Waals surface area contributed by atoms with E-state index >= 15 is 0 Å². The van der Waals surface area contributed by atoms with Crippen LogP contribution < -0.4 is 0 Å². The summed E-state index contributed by atoms with van der Waals surface area (Å²) < 4.78 is 0. The maximum Gasteiger partial charge on any atom is 0.0714 e. The predicted octanol–water partition coefficient (Wildman–Crippen LogP) is 13.4. The minimum atomic E-state index is -0.531. The average Bonchev–Trinajstić information content (AvgIpc) is 3.52. The van der Waals surface area contributed by atoms with Gasteiger partial charge in [-0.1, -0.05) is 194 Å². The van der Waals surface area contributed by atoms with Gasteiger partial charge in [-0.05, 0) is 100 Å². The molecule has 0 nitrogen and oxygen atoms in total. The van der Waals surface area contributed by atoms with Crippen molar-refractivity contribution >= 4 is 21.5 Å². The van der Waals surface area contributed by atoms with Gasteiger partial charge in [0.1, 0.15) is 0 Å². The first-order valence-electron chi connectivity index (χ1n) is 17.8. The smallest absolute Gasteiger partial charge is 0.0622 e. The second-order valence-electron chi connectivity index (χ2n) is 13.6. The third kappa shape index (κ3) is 4.54. The molecule has 9 aromatic rings. The number of fused-ring (bicyclic) bond motifs is 6. The molecule has 0 saturated heterocycles. The molecule has 0 amide bonds. The van der Waals surface area contributed by atoms with Crippen LogP contribution in [-0.4, -0.2) is 0 Å². The predicted molar refractivity (Wildman–Crippen MR) is 215 cm³/mol. The van der Waals surface area contributed by atoms with Crippen LogP contribution >= 0.6 is 0 Å². The number of hydrogen-bond acceptors (Lipinski definition) is 0. The number of rotatable bonds is 5. The van der Waals surface area contributed by atoms with Crippen molar-refractivity contribution in [3.8, 4) is 44.5 Å². The second kappa shape index (κ2) is 11.8. The molecule has 0 fully saturated rings. The highest BCUT2D eigenvalue weighted by Crippen LogP contribution is 2.59. The van der Waals surface area contributed by atoms with Gasteiger partial charge in [0.05, 0.1) is 5.41 Å². The van der Waals surface area contributed by atoms with Crippen molar-refractivity contribution in [2.75, 3.05) is 0 Å². The summed E-state index contributed by atoms with van der Waals surface area (Å²) in [6.07, 6.45) is 0. The fourth-order valence-corrected chi connectivity index (χ4v) is 8.70. The van der Waals surface area contributed by atoms with E-state index in [0.717, 1.165) is 0 Å². The standard InChI is InChI=1S/C51H34/c1-4-15-35(16-5-1)36-27-29-38(30-28-36)47-34-49-50(45-25-13-12-24-44(45)47)46-32-31-39(43-26-14-18-37-17-10-11-23-42(37)43)33-48(46)51(49,40-19-6-2-7-20-40)41-21-8-3-9-22-41/h1-34H. The minimum Gasteiger partial charge on any atom is -0.0622 e. The molecule has 51 heavy (non-hydrogen) atoms. The van der Waals surface area contributed by atoms with Crippen LogP contribution in [0.25, 0.3) is 66.1 Å². The zero-order chi connectivity index (χ0) is 33.8. The van der Waals surface area contributed by atoms with E-state index in [1.807, 2.05) is 0 Å². The van der Waals surface area contributed by atoms with E-state index in [1.54, 1.807) is 0 Å². The Kier molecular flexibility index (Phi) is 6.82. The Morgan fingerprint density at radius 3 is 1.51 bits per heavy atom. The molecule has 0 aliphatic heterocycles. The Morgan fingerprint density at radius 1 is 0.275 bits per heavy atom. The molecule has 0 unspecified atom stereocenters. The second-order valence-corrected chi connectivity index (χ2v) is 13.6. The molecule has 0 saturated carbocycles. The molecule has 0 spiro atoms. The molecule has 0 bridgehead atoms. The highest BCUT2D eigenvalue weighted by molar-refractivity contribution is 6.10. The summed E-state index contributed by atoms with van der Waals surface area (Å²) in [4.78, 5) is 0. The minimum absolute atomic E-state index is 0.531. The van der Waals surface area contributed by atoms with E-state index < -0.39 is 5.41 Å². The molecular weight excluding hydrogens is 613 g/mol. The Morgan fingerprint density at radius 2 is 0.804 bits per heavy atom. The van der Waals surface area contributed by atoms with Crippen molar-refractivity contribution in [1.29, 1.82) is 0 Å².